The maximum atomic E-state index is 11.5. The molecule has 0 radical (unpaired) electrons. The number of benzene rings is 2. The van der Waals surface area contributed by atoms with Crippen LogP contribution in [0.15, 0.2) is 71.3 Å². The molecule has 0 bridgehead atoms. The van der Waals surface area contributed by atoms with Gasteiger partial charge < -0.3 is 9.84 Å². The molecule has 1 aromatic heterocycles. The number of hydrogen-bond acceptors (Lipinski definition) is 5. The predicted octanol–water partition coefficient (Wildman–Crippen LogP) is 3.78. The molecule has 5 nitrogen and oxygen atoms in total. The van der Waals surface area contributed by atoms with Gasteiger partial charge in [0.05, 0.1) is 5.70 Å². The van der Waals surface area contributed by atoms with E-state index in [4.69, 9.17) is 4.52 Å². The maximum Gasteiger partial charge on any atom is 0.268 e. The number of carbonyl (C=O) groups excluding carboxylic acids is 1. The van der Waals surface area contributed by atoms with Crippen LogP contribution >= 0.6 is 0 Å². The first-order valence-corrected chi connectivity index (χ1v) is 7.16. The monoisotopic (exact) mass is 305 g/mol. The fourth-order valence-electron chi connectivity index (χ4n) is 2.11. The third-order valence-electron chi connectivity index (χ3n) is 3.13. The molecule has 0 atom stereocenters. The van der Waals surface area contributed by atoms with Crippen molar-refractivity contribution in [3.63, 3.8) is 0 Å². The van der Waals surface area contributed by atoms with Gasteiger partial charge in [-0.05, 0) is 29.8 Å². The summed E-state index contributed by atoms with van der Waals surface area (Å²) < 4.78 is 5.26. The summed E-state index contributed by atoms with van der Waals surface area (Å²) in [5.41, 5.74) is 2.33. The van der Waals surface area contributed by atoms with Crippen molar-refractivity contribution in [3.05, 3.63) is 72.3 Å². The van der Waals surface area contributed by atoms with E-state index in [9.17, 15) is 4.79 Å². The van der Waals surface area contributed by atoms with Gasteiger partial charge in [0.15, 0.2) is 5.78 Å². The van der Waals surface area contributed by atoms with Gasteiger partial charge in [-0.25, -0.2) is 0 Å². The van der Waals surface area contributed by atoms with E-state index in [1.54, 1.807) is 0 Å². The quantitative estimate of drug-likeness (QED) is 0.727. The zero-order valence-corrected chi connectivity index (χ0v) is 12.6. The molecule has 0 aliphatic rings. The lowest BCUT2D eigenvalue weighted by atomic mass is 10.1. The molecule has 1 heterocycles. The Morgan fingerprint density at radius 3 is 2.35 bits per heavy atom. The Kier molecular flexibility index (Phi) is 4.29. The molecule has 3 rings (SSSR count). The Bertz CT molecular complexity index is 824. The van der Waals surface area contributed by atoms with E-state index < -0.39 is 0 Å². The molecule has 5 heteroatoms. The van der Waals surface area contributed by atoms with Crippen LogP contribution in [0, 0.1) is 0 Å². The molecule has 0 aliphatic carbocycles. The first-order valence-electron chi connectivity index (χ1n) is 7.16. The summed E-state index contributed by atoms with van der Waals surface area (Å²) in [6.07, 6.45) is 1.51. The molecule has 3 aromatic rings. The van der Waals surface area contributed by atoms with Gasteiger partial charge >= 0.3 is 0 Å². The lowest BCUT2D eigenvalue weighted by Crippen LogP contribution is -2.02. The molecular formula is C18H15N3O2. The molecule has 0 saturated heterocycles. The summed E-state index contributed by atoms with van der Waals surface area (Å²) in [6, 6.07) is 19.0. The summed E-state index contributed by atoms with van der Waals surface area (Å²) in [4.78, 5) is 15.8. The number of rotatable bonds is 5. The number of anilines is 1. The Morgan fingerprint density at radius 2 is 1.70 bits per heavy atom. The largest absolute Gasteiger partial charge is 0.332 e. The molecule has 0 amide bonds. The van der Waals surface area contributed by atoms with Crippen LogP contribution in [-0.4, -0.2) is 15.9 Å². The minimum Gasteiger partial charge on any atom is -0.332 e. The summed E-state index contributed by atoms with van der Waals surface area (Å²) in [7, 11) is 0. The fraction of sp³-hybridized carbons (Fsp3) is 0.0556. The van der Waals surface area contributed by atoms with Crippen molar-refractivity contribution in [2.75, 3.05) is 5.32 Å². The summed E-state index contributed by atoms with van der Waals surface area (Å²) in [5.74, 6) is 0.659. The zero-order chi connectivity index (χ0) is 16.1. The second-order valence-electron chi connectivity index (χ2n) is 4.95. The van der Waals surface area contributed by atoms with E-state index >= 15 is 0 Å². The first-order chi connectivity index (χ1) is 11.2. The second-order valence-corrected chi connectivity index (χ2v) is 4.95. The van der Waals surface area contributed by atoms with Crippen LogP contribution in [0.2, 0.25) is 0 Å². The van der Waals surface area contributed by atoms with E-state index in [2.05, 4.69) is 15.5 Å². The van der Waals surface area contributed by atoms with Crippen LogP contribution in [-0.2, 0) is 4.79 Å². The van der Waals surface area contributed by atoms with Gasteiger partial charge in [0.25, 0.3) is 11.8 Å². The molecule has 0 aliphatic heterocycles. The van der Waals surface area contributed by atoms with Crippen LogP contribution in [0.4, 0.5) is 5.95 Å². The van der Waals surface area contributed by atoms with Crippen LogP contribution < -0.4 is 5.32 Å². The summed E-state index contributed by atoms with van der Waals surface area (Å²) in [5, 5.41) is 6.96. The molecule has 2 aromatic carbocycles. The van der Waals surface area contributed by atoms with E-state index in [1.807, 2.05) is 60.7 Å². The Morgan fingerprint density at radius 1 is 1.04 bits per heavy atom. The molecule has 114 valence electrons. The molecule has 0 fully saturated rings. The third-order valence-corrected chi connectivity index (χ3v) is 3.13. The normalized spacial score (nSPS) is 11.3. The fourth-order valence-corrected chi connectivity index (χ4v) is 2.11. The Balaban J connectivity index is 1.87. The molecular weight excluding hydrogens is 290 g/mol. The average molecular weight is 305 g/mol. The molecule has 0 unspecified atom stereocenters. The average Bonchev–Trinajstić information content (AvgIpc) is 3.04. The third kappa shape index (κ3) is 3.71. The lowest BCUT2D eigenvalue weighted by molar-refractivity contribution is -0.112. The molecule has 1 N–H and O–H groups in total. The van der Waals surface area contributed by atoms with Gasteiger partial charge in [-0.15, -0.1) is 0 Å². The van der Waals surface area contributed by atoms with E-state index in [0.29, 0.717) is 17.5 Å². The highest BCUT2D eigenvalue weighted by atomic mass is 16.5. The predicted molar refractivity (Wildman–Crippen MR) is 88.5 cm³/mol. The van der Waals surface area contributed by atoms with Gasteiger partial charge in [-0.1, -0.05) is 48.5 Å². The Labute approximate surface area is 133 Å². The number of nitrogens with one attached hydrogen (secondary N) is 1. The highest BCUT2D eigenvalue weighted by Gasteiger charge is 2.11. The number of nitrogens with zero attached hydrogens (tertiary/aromatic N) is 2. The van der Waals surface area contributed by atoms with Crippen molar-refractivity contribution >= 4 is 17.4 Å². The summed E-state index contributed by atoms with van der Waals surface area (Å²) in [6.45, 7) is 1.50. The van der Waals surface area contributed by atoms with Gasteiger partial charge in [0.2, 0.25) is 0 Å². The van der Waals surface area contributed by atoms with Gasteiger partial charge in [-0.2, -0.15) is 4.98 Å². The zero-order valence-electron chi connectivity index (χ0n) is 12.6. The minimum absolute atomic E-state index is 0.0665. The van der Waals surface area contributed by atoms with E-state index in [0.717, 1.165) is 11.1 Å². The highest BCUT2D eigenvalue weighted by molar-refractivity contribution is 5.97. The summed E-state index contributed by atoms with van der Waals surface area (Å²) >= 11 is 0. The van der Waals surface area contributed by atoms with Crippen molar-refractivity contribution in [1.29, 1.82) is 0 Å². The molecule has 0 spiro atoms. The Hall–Kier alpha value is -3.21. The van der Waals surface area contributed by atoms with Crippen molar-refractivity contribution in [2.45, 2.75) is 6.92 Å². The van der Waals surface area contributed by atoms with Crippen molar-refractivity contribution < 1.29 is 9.32 Å². The van der Waals surface area contributed by atoms with Crippen molar-refractivity contribution in [2.24, 2.45) is 0 Å². The van der Waals surface area contributed by atoms with Crippen molar-refractivity contribution in [1.82, 2.24) is 10.1 Å². The lowest BCUT2D eigenvalue weighted by Gasteiger charge is -2.07. The van der Waals surface area contributed by atoms with Crippen LogP contribution in [0.5, 0.6) is 0 Å². The van der Waals surface area contributed by atoms with Gasteiger partial charge in [-0.3, -0.25) is 4.79 Å². The minimum atomic E-state index is -0.0665. The second kappa shape index (κ2) is 6.70. The molecule has 0 saturated carbocycles. The first kappa shape index (κ1) is 14.7. The van der Waals surface area contributed by atoms with Gasteiger partial charge in [0.1, 0.15) is 0 Å². The SMILES string of the molecule is CC(=O)/C=C(/Nc1noc(-c2ccccc2)n1)c1ccccc1. The number of ketones is 1. The highest BCUT2D eigenvalue weighted by Crippen LogP contribution is 2.21. The maximum absolute atomic E-state index is 11.5. The topological polar surface area (TPSA) is 68.0 Å². The van der Waals surface area contributed by atoms with Crippen LogP contribution in [0.25, 0.3) is 17.2 Å². The van der Waals surface area contributed by atoms with Crippen LogP contribution in [0.3, 0.4) is 0 Å². The number of hydrogen-bond donors (Lipinski definition) is 1. The standard InChI is InChI=1S/C18H15N3O2/c1-13(22)12-16(14-8-4-2-5-9-14)19-18-20-17(23-21-18)15-10-6-3-7-11-15/h2-12H,1H3,(H,19,21)/b16-12+. The van der Waals surface area contributed by atoms with Gasteiger partial charge in [0, 0.05) is 11.6 Å². The number of allylic oxidation sites excluding steroid dienone is 1. The number of aromatic nitrogens is 2. The smallest absolute Gasteiger partial charge is 0.268 e. The van der Waals surface area contributed by atoms with Crippen molar-refractivity contribution in [3.8, 4) is 11.5 Å². The van der Waals surface area contributed by atoms with E-state index in [-0.39, 0.29) is 5.78 Å². The number of carbonyl (C=O) groups is 1. The van der Waals surface area contributed by atoms with Crippen LogP contribution in [0.1, 0.15) is 12.5 Å². The van der Waals surface area contributed by atoms with E-state index in [1.165, 1.54) is 13.0 Å². The molecule has 23 heavy (non-hydrogen) atoms.